The van der Waals surface area contributed by atoms with E-state index in [1.165, 1.54) is 0 Å². The van der Waals surface area contributed by atoms with E-state index in [1.54, 1.807) is 6.92 Å². The molecule has 2 rings (SSSR count). The molecule has 1 aromatic heterocycles. The van der Waals surface area contributed by atoms with E-state index in [2.05, 4.69) is 10.9 Å². The molecule has 0 saturated heterocycles. The third-order valence-electron chi connectivity index (χ3n) is 3.12. The SMILES string of the molecule is C#CCCc1[nH]c2cc(F)c(F)cc2c(=O)c1C(=O)OCC. The molecule has 4 nitrogen and oxygen atoms in total. The van der Waals surface area contributed by atoms with Gasteiger partial charge in [0, 0.05) is 23.6 Å². The zero-order valence-electron chi connectivity index (χ0n) is 11.8. The highest BCUT2D eigenvalue weighted by Crippen LogP contribution is 2.17. The Hall–Kier alpha value is -2.68. The van der Waals surface area contributed by atoms with Gasteiger partial charge < -0.3 is 9.72 Å². The number of benzene rings is 1. The Balaban J connectivity index is 2.75. The van der Waals surface area contributed by atoms with E-state index < -0.39 is 23.0 Å². The summed E-state index contributed by atoms with van der Waals surface area (Å²) in [5.74, 6) is -0.674. The number of aromatic amines is 1. The van der Waals surface area contributed by atoms with Gasteiger partial charge in [-0.25, -0.2) is 13.6 Å². The van der Waals surface area contributed by atoms with Crippen molar-refractivity contribution in [3.8, 4) is 12.3 Å². The maximum absolute atomic E-state index is 13.3. The highest BCUT2D eigenvalue weighted by atomic mass is 19.2. The van der Waals surface area contributed by atoms with Gasteiger partial charge in [-0.15, -0.1) is 12.3 Å². The number of aryl methyl sites for hydroxylation is 1. The fraction of sp³-hybridized carbons (Fsp3) is 0.250. The quantitative estimate of drug-likeness (QED) is 0.697. The molecule has 1 aromatic carbocycles. The van der Waals surface area contributed by atoms with Gasteiger partial charge in [0.1, 0.15) is 5.56 Å². The summed E-state index contributed by atoms with van der Waals surface area (Å²) in [5, 5.41) is -0.119. The molecule has 22 heavy (non-hydrogen) atoms. The van der Waals surface area contributed by atoms with Crippen LogP contribution in [0.15, 0.2) is 16.9 Å². The average Bonchev–Trinajstić information content (AvgIpc) is 2.47. The van der Waals surface area contributed by atoms with Gasteiger partial charge >= 0.3 is 5.97 Å². The summed E-state index contributed by atoms with van der Waals surface area (Å²) in [6.45, 7) is 1.69. The van der Waals surface area contributed by atoms with Crippen LogP contribution in [-0.4, -0.2) is 17.6 Å². The molecule has 0 bridgehead atoms. The van der Waals surface area contributed by atoms with E-state index in [1.807, 2.05) is 0 Å². The monoisotopic (exact) mass is 305 g/mol. The minimum absolute atomic E-state index is 0.0860. The van der Waals surface area contributed by atoms with Crippen LogP contribution in [0.2, 0.25) is 0 Å². The second kappa shape index (κ2) is 6.39. The number of terminal acetylenes is 1. The fourth-order valence-corrected chi connectivity index (χ4v) is 2.14. The van der Waals surface area contributed by atoms with Gasteiger partial charge in [-0.05, 0) is 19.4 Å². The van der Waals surface area contributed by atoms with Crippen LogP contribution >= 0.6 is 0 Å². The minimum Gasteiger partial charge on any atom is -0.462 e. The second-order valence-corrected chi connectivity index (χ2v) is 4.54. The smallest absolute Gasteiger partial charge is 0.343 e. The number of ether oxygens (including phenoxy) is 1. The summed E-state index contributed by atoms with van der Waals surface area (Å²) < 4.78 is 31.5. The van der Waals surface area contributed by atoms with Gasteiger partial charge in [0.2, 0.25) is 5.43 Å². The molecular weight excluding hydrogens is 292 g/mol. The Morgan fingerprint density at radius 2 is 2.05 bits per heavy atom. The van der Waals surface area contributed by atoms with Gasteiger partial charge in [0.05, 0.1) is 12.1 Å². The zero-order valence-corrected chi connectivity index (χ0v) is 11.8. The van der Waals surface area contributed by atoms with Crippen molar-refractivity contribution in [3.05, 3.63) is 45.2 Å². The van der Waals surface area contributed by atoms with E-state index in [4.69, 9.17) is 11.2 Å². The van der Waals surface area contributed by atoms with E-state index >= 15 is 0 Å². The summed E-state index contributed by atoms with van der Waals surface area (Å²) in [4.78, 5) is 27.2. The predicted octanol–water partition coefficient (Wildman–Crippen LogP) is 2.55. The van der Waals surface area contributed by atoms with Crippen LogP contribution in [0.4, 0.5) is 8.78 Å². The molecule has 0 atom stereocenters. The molecule has 0 unspecified atom stereocenters. The van der Waals surface area contributed by atoms with Crippen molar-refractivity contribution in [1.82, 2.24) is 4.98 Å². The van der Waals surface area contributed by atoms with Crippen molar-refractivity contribution in [3.63, 3.8) is 0 Å². The summed E-state index contributed by atoms with van der Waals surface area (Å²) in [5.41, 5.74) is -0.586. The molecule has 6 heteroatoms. The summed E-state index contributed by atoms with van der Waals surface area (Å²) >= 11 is 0. The number of esters is 1. The molecule has 1 N–H and O–H groups in total. The molecule has 0 radical (unpaired) electrons. The van der Waals surface area contributed by atoms with Gasteiger partial charge in [0.25, 0.3) is 0 Å². The third kappa shape index (κ3) is 2.84. The normalized spacial score (nSPS) is 10.5. The van der Waals surface area contributed by atoms with E-state index in [-0.39, 0.29) is 41.6 Å². The number of fused-ring (bicyclic) bond motifs is 1. The van der Waals surface area contributed by atoms with Crippen molar-refractivity contribution in [2.24, 2.45) is 0 Å². The van der Waals surface area contributed by atoms with E-state index in [0.29, 0.717) is 0 Å². The number of hydrogen-bond donors (Lipinski definition) is 1. The van der Waals surface area contributed by atoms with Crippen molar-refractivity contribution >= 4 is 16.9 Å². The first-order chi connectivity index (χ1) is 10.5. The van der Waals surface area contributed by atoms with Gasteiger partial charge in [-0.2, -0.15) is 0 Å². The number of rotatable bonds is 4. The molecule has 0 aliphatic carbocycles. The first-order valence-corrected chi connectivity index (χ1v) is 6.64. The molecule has 0 spiro atoms. The first kappa shape index (κ1) is 15.7. The lowest BCUT2D eigenvalue weighted by Crippen LogP contribution is -2.22. The lowest BCUT2D eigenvalue weighted by atomic mass is 10.0. The highest BCUT2D eigenvalue weighted by molar-refractivity contribution is 5.95. The first-order valence-electron chi connectivity index (χ1n) is 6.64. The van der Waals surface area contributed by atoms with Gasteiger partial charge in [-0.3, -0.25) is 4.79 Å². The lowest BCUT2D eigenvalue weighted by Gasteiger charge is -2.10. The molecular formula is C16H13F2NO3. The van der Waals surface area contributed by atoms with Crippen LogP contribution in [0.3, 0.4) is 0 Å². The minimum atomic E-state index is -1.16. The Morgan fingerprint density at radius 1 is 1.36 bits per heavy atom. The number of pyridine rings is 1. The molecule has 114 valence electrons. The Kier molecular flexibility index (Phi) is 4.56. The number of hydrogen-bond acceptors (Lipinski definition) is 3. The number of aromatic nitrogens is 1. The van der Waals surface area contributed by atoms with Gasteiger partial charge in [0.15, 0.2) is 11.6 Å². The number of carbonyl (C=O) groups is 1. The van der Waals surface area contributed by atoms with Crippen molar-refractivity contribution < 1.29 is 18.3 Å². The van der Waals surface area contributed by atoms with Crippen LogP contribution in [0.5, 0.6) is 0 Å². The largest absolute Gasteiger partial charge is 0.462 e. The van der Waals surface area contributed by atoms with Crippen molar-refractivity contribution in [2.45, 2.75) is 19.8 Å². The van der Waals surface area contributed by atoms with E-state index in [9.17, 15) is 18.4 Å². The van der Waals surface area contributed by atoms with Crippen LogP contribution in [-0.2, 0) is 11.2 Å². The number of nitrogens with one attached hydrogen (secondary N) is 1. The highest BCUT2D eigenvalue weighted by Gasteiger charge is 2.21. The predicted molar refractivity (Wildman–Crippen MR) is 77.6 cm³/mol. The molecule has 1 heterocycles. The van der Waals surface area contributed by atoms with Gasteiger partial charge in [-0.1, -0.05) is 0 Å². The molecule has 0 aliphatic rings. The molecule has 0 amide bonds. The maximum atomic E-state index is 13.3. The standard InChI is InChI=1S/C16H13F2NO3/c1-3-5-6-12-14(16(21)22-4-2)15(20)9-7-10(17)11(18)8-13(9)19-12/h1,7-8H,4-6H2,2H3,(H,19,20). The second-order valence-electron chi connectivity index (χ2n) is 4.54. The Morgan fingerprint density at radius 3 is 2.68 bits per heavy atom. The maximum Gasteiger partial charge on any atom is 0.343 e. The molecule has 0 saturated carbocycles. The Bertz CT molecular complexity index is 834. The van der Waals surface area contributed by atoms with Crippen molar-refractivity contribution in [2.75, 3.05) is 6.61 Å². The summed E-state index contributed by atoms with van der Waals surface area (Å²) in [7, 11) is 0. The van der Waals surface area contributed by atoms with Crippen LogP contribution in [0.1, 0.15) is 29.4 Å². The number of carbonyl (C=O) groups excluding carboxylic acids is 1. The van der Waals surface area contributed by atoms with Crippen LogP contribution in [0.25, 0.3) is 10.9 Å². The average molecular weight is 305 g/mol. The molecule has 2 aromatic rings. The Labute approximate surface area is 125 Å². The molecule has 0 fully saturated rings. The summed E-state index contributed by atoms with van der Waals surface area (Å²) in [6, 6.07) is 1.64. The number of H-pyrrole nitrogens is 1. The lowest BCUT2D eigenvalue weighted by molar-refractivity contribution is 0.0523. The number of halogens is 2. The van der Waals surface area contributed by atoms with Crippen LogP contribution < -0.4 is 5.43 Å². The zero-order chi connectivity index (χ0) is 16.3. The molecule has 0 aliphatic heterocycles. The van der Waals surface area contributed by atoms with Crippen LogP contribution in [0, 0.1) is 24.0 Å². The van der Waals surface area contributed by atoms with E-state index in [0.717, 1.165) is 12.1 Å². The van der Waals surface area contributed by atoms with Crippen molar-refractivity contribution in [1.29, 1.82) is 0 Å². The third-order valence-corrected chi connectivity index (χ3v) is 3.12. The summed E-state index contributed by atoms with van der Waals surface area (Å²) in [6.07, 6.45) is 5.68. The fourth-order valence-electron chi connectivity index (χ4n) is 2.14. The topological polar surface area (TPSA) is 59.2 Å².